The van der Waals surface area contributed by atoms with Crippen molar-refractivity contribution in [3.05, 3.63) is 0 Å². The Morgan fingerprint density at radius 3 is 2.78 bits per heavy atom. The van der Waals surface area contributed by atoms with E-state index < -0.39 is 5.92 Å². The number of hydrogen-bond donors (Lipinski definition) is 1. The molecule has 4 nitrogen and oxygen atoms in total. The van der Waals surface area contributed by atoms with E-state index in [0.29, 0.717) is 31.2 Å². The van der Waals surface area contributed by atoms with E-state index >= 15 is 0 Å². The largest absolute Gasteiger partial charge is 0.465 e. The van der Waals surface area contributed by atoms with E-state index in [9.17, 15) is 14.7 Å². The minimum absolute atomic E-state index is 0.0359. The Labute approximate surface area is 141 Å². The molecule has 1 rings (SSSR count). The minimum atomic E-state index is -0.562. The second kappa shape index (κ2) is 11.7. The molecular formula is C18H33BO4. The van der Waals surface area contributed by atoms with Crippen LogP contribution in [0, 0.1) is 11.8 Å². The number of ketones is 1. The molecule has 1 heterocycles. The summed E-state index contributed by atoms with van der Waals surface area (Å²) in [4.78, 5) is 24.5. The zero-order valence-corrected chi connectivity index (χ0v) is 14.9. The summed E-state index contributed by atoms with van der Waals surface area (Å²) in [6, 6.07) is 0. The maximum absolute atomic E-state index is 12.5. The van der Waals surface area contributed by atoms with Gasteiger partial charge in [-0.3, -0.25) is 9.59 Å². The van der Waals surface area contributed by atoms with E-state index in [1.54, 1.807) is 0 Å². The molecule has 1 N–H and O–H groups in total. The Morgan fingerprint density at radius 1 is 1.35 bits per heavy atom. The predicted molar refractivity (Wildman–Crippen MR) is 94.0 cm³/mol. The van der Waals surface area contributed by atoms with Gasteiger partial charge in [0.2, 0.25) is 0 Å². The van der Waals surface area contributed by atoms with Crippen molar-refractivity contribution in [3.63, 3.8) is 0 Å². The van der Waals surface area contributed by atoms with Gasteiger partial charge in [-0.2, -0.15) is 0 Å². The molecule has 0 amide bonds. The molecular weight excluding hydrogens is 291 g/mol. The van der Waals surface area contributed by atoms with Gasteiger partial charge in [-0.25, -0.2) is 0 Å². The van der Waals surface area contributed by atoms with Gasteiger partial charge in [0.05, 0.1) is 6.61 Å². The number of carbonyl (C=O) groups is 2. The fourth-order valence-electron chi connectivity index (χ4n) is 3.43. The number of cyclic esters (lactones) is 1. The van der Waals surface area contributed by atoms with Crippen molar-refractivity contribution >= 4 is 19.0 Å². The van der Waals surface area contributed by atoms with Crippen LogP contribution in [0.15, 0.2) is 0 Å². The minimum Gasteiger partial charge on any atom is -0.465 e. The molecule has 0 spiro atoms. The van der Waals surface area contributed by atoms with Crippen LogP contribution in [-0.2, 0) is 14.3 Å². The molecule has 0 aromatic rings. The van der Waals surface area contributed by atoms with Gasteiger partial charge in [0, 0.05) is 13.0 Å². The van der Waals surface area contributed by atoms with Crippen molar-refractivity contribution in [2.75, 3.05) is 13.2 Å². The molecule has 0 aliphatic carbocycles. The van der Waals surface area contributed by atoms with Crippen molar-refractivity contribution in [2.24, 2.45) is 11.8 Å². The number of unbranched alkanes of at least 4 members (excludes halogenated alkanes) is 2. The molecule has 23 heavy (non-hydrogen) atoms. The van der Waals surface area contributed by atoms with Crippen LogP contribution in [0.1, 0.15) is 64.7 Å². The quantitative estimate of drug-likeness (QED) is 0.274. The van der Waals surface area contributed by atoms with Crippen molar-refractivity contribution in [1.29, 1.82) is 0 Å². The lowest BCUT2D eigenvalue weighted by Gasteiger charge is -2.18. The summed E-state index contributed by atoms with van der Waals surface area (Å²) in [5, 5.41) is 9.19. The first-order valence-corrected chi connectivity index (χ1v) is 9.42. The number of esters is 1. The second-order valence-electron chi connectivity index (χ2n) is 6.90. The zero-order chi connectivity index (χ0) is 17.1. The molecule has 5 heteroatoms. The third-order valence-corrected chi connectivity index (χ3v) is 5.14. The Morgan fingerprint density at radius 2 is 2.13 bits per heavy atom. The number of ether oxygens (including phenoxy) is 1. The van der Waals surface area contributed by atoms with Crippen LogP contribution in [0.4, 0.5) is 0 Å². The first-order valence-electron chi connectivity index (χ1n) is 9.42. The van der Waals surface area contributed by atoms with E-state index in [-0.39, 0.29) is 18.4 Å². The van der Waals surface area contributed by atoms with E-state index in [1.807, 2.05) is 0 Å². The van der Waals surface area contributed by atoms with Crippen molar-refractivity contribution in [1.82, 2.24) is 0 Å². The van der Waals surface area contributed by atoms with Crippen LogP contribution >= 0.6 is 0 Å². The maximum Gasteiger partial charge on any atom is 0.316 e. The number of aliphatic hydroxyl groups is 1. The average molecular weight is 324 g/mol. The maximum atomic E-state index is 12.5. The molecule has 0 aromatic carbocycles. The summed E-state index contributed by atoms with van der Waals surface area (Å²) in [7, 11) is 0.991. The summed E-state index contributed by atoms with van der Waals surface area (Å²) in [5.74, 6) is -0.0512. The summed E-state index contributed by atoms with van der Waals surface area (Å²) < 4.78 is 5.20. The summed E-state index contributed by atoms with van der Waals surface area (Å²) in [5.41, 5.74) is 0. The van der Waals surface area contributed by atoms with Crippen LogP contribution in [0.2, 0.25) is 12.6 Å². The van der Waals surface area contributed by atoms with E-state index in [1.165, 1.54) is 12.8 Å². The highest BCUT2D eigenvalue weighted by atomic mass is 16.5. The average Bonchev–Trinajstić information content (AvgIpc) is 2.74. The number of hydrogen-bond acceptors (Lipinski definition) is 4. The van der Waals surface area contributed by atoms with Gasteiger partial charge in [0.25, 0.3) is 0 Å². The lowest BCUT2D eigenvalue weighted by Crippen LogP contribution is -2.26. The van der Waals surface area contributed by atoms with Gasteiger partial charge < -0.3 is 9.84 Å². The van der Waals surface area contributed by atoms with Gasteiger partial charge in [-0.15, -0.1) is 0 Å². The molecule has 1 aliphatic heterocycles. The van der Waals surface area contributed by atoms with Crippen LogP contribution in [0.5, 0.6) is 0 Å². The standard InChI is InChI=1S/C18H33BO4/c1-3-4-5-6-14(9-11-20)7-8-17(21)16-13-15(19-2)10-12-23-18(16)22/h14-16,19-20H,3-13H2,1-2H3. The highest BCUT2D eigenvalue weighted by Crippen LogP contribution is 2.28. The summed E-state index contributed by atoms with van der Waals surface area (Å²) >= 11 is 0. The van der Waals surface area contributed by atoms with Crippen LogP contribution in [0.3, 0.4) is 0 Å². The molecule has 3 atom stereocenters. The van der Waals surface area contributed by atoms with Crippen LogP contribution in [-0.4, -0.2) is 37.4 Å². The van der Waals surface area contributed by atoms with Gasteiger partial charge in [0.1, 0.15) is 19.0 Å². The summed E-state index contributed by atoms with van der Waals surface area (Å²) in [6.07, 6.45) is 8.08. The monoisotopic (exact) mass is 324 g/mol. The smallest absolute Gasteiger partial charge is 0.316 e. The molecule has 0 saturated carbocycles. The van der Waals surface area contributed by atoms with Gasteiger partial charge in [-0.05, 0) is 31.6 Å². The lowest BCUT2D eigenvalue weighted by atomic mass is 9.62. The molecule has 0 aromatic heterocycles. The normalized spacial score (nSPS) is 23.0. The highest BCUT2D eigenvalue weighted by molar-refractivity contribution is 6.35. The Kier molecular flexibility index (Phi) is 10.2. The van der Waals surface area contributed by atoms with Crippen LogP contribution in [0.25, 0.3) is 0 Å². The van der Waals surface area contributed by atoms with Crippen molar-refractivity contribution < 1.29 is 19.4 Å². The zero-order valence-electron chi connectivity index (χ0n) is 14.9. The predicted octanol–water partition coefficient (Wildman–Crippen LogP) is 3.14. The summed E-state index contributed by atoms with van der Waals surface area (Å²) in [6.45, 7) is 4.90. The first-order chi connectivity index (χ1) is 11.1. The third-order valence-electron chi connectivity index (χ3n) is 5.14. The van der Waals surface area contributed by atoms with Gasteiger partial charge >= 0.3 is 5.97 Å². The Balaban J connectivity index is 2.49. The topological polar surface area (TPSA) is 63.6 Å². The molecule has 132 valence electrons. The molecule has 1 fully saturated rings. The molecule has 0 bridgehead atoms. The van der Waals surface area contributed by atoms with Crippen molar-refractivity contribution in [2.45, 2.75) is 77.4 Å². The molecule has 1 aliphatic rings. The fourth-order valence-corrected chi connectivity index (χ4v) is 3.43. The third kappa shape index (κ3) is 7.51. The first kappa shape index (κ1) is 20.2. The number of carbonyl (C=O) groups excluding carboxylic acids is 2. The number of aliphatic hydroxyl groups excluding tert-OH is 1. The van der Waals surface area contributed by atoms with Crippen molar-refractivity contribution in [3.8, 4) is 0 Å². The molecule has 0 radical (unpaired) electrons. The SMILES string of the molecule is CBC1CCOC(=O)C(C(=O)CCC(CCO)CCCCC)C1. The van der Waals surface area contributed by atoms with E-state index in [2.05, 4.69) is 13.7 Å². The Bertz CT molecular complexity index is 359. The van der Waals surface area contributed by atoms with Gasteiger partial charge in [0.15, 0.2) is 0 Å². The lowest BCUT2D eigenvalue weighted by molar-refractivity contribution is -0.151. The van der Waals surface area contributed by atoms with Crippen LogP contribution < -0.4 is 0 Å². The fraction of sp³-hybridized carbons (Fsp3) is 0.889. The molecule has 3 unspecified atom stereocenters. The van der Waals surface area contributed by atoms with E-state index in [0.717, 1.165) is 39.4 Å². The van der Waals surface area contributed by atoms with Gasteiger partial charge in [-0.1, -0.05) is 45.2 Å². The van der Waals surface area contributed by atoms with E-state index in [4.69, 9.17) is 4.74 Å². The number of rotatable bonds is 11. The molecule has 1 saturated heterocycles. The highest BCUT2D eigenvalue weighted by Gasteiger charge is 2.32. The Hall–Kier alpha value is -0.835. The second-order valence-corrected chi connectivity index (χ2v) is 6.90. The number of Topliss-reactive ketones (excluding diaryl/α,β-unsaturated/α-hetero) is 1.